The summed E-state index contributed by atoms with van der Waals surface area (Å²) in [5, 5.41) is 12.0. The topological polar surface area (TPSA) is 64.1 Å². The Balaban J connectivity index is 1.83. The number of aromatic nitrogens is 2. The van der Waals surface area contributed by atoms with Crippen molar-refractivity contribution in [3.8, 4) is 5.75 Å². The Morgan fingerprint density at radius 1 is 1.48 bits per heavy atom. The first-order valence-corrected chi connectivity index (χ1v) is 8.28. The molecule has 0 bridgehead atoms. The van der Waals surface area contributed by atoms with Crippen LogP contribution in [-0.2, 0) is 4.79 Å². The van der Waals surface area contributed by atoms with Gasteiger partial charge in [0.25, 0.3) is 5.91 Å². The zero-order chi connectivity index (χ0) is 15.2. The van der Waals surface area contributed by atoms with Crippen molar-refractivity contribution in [2.45, 2.75) is 23.4 Å². The van der Waals surface area contributed by atoms with Gasteiger partial charge < -0.3 is 4.74 Å². The number of benzene rings is 1. The van der Waals surface area contributed by atoms with Crippen molar-refractivity contribution >= 4 is 45.7 Å². The van der Waals surface area contributed by atoms with Gasteiger partial charge in [0.2, 0.25) is 5.13 Å². The summed E-state index contributed by atoms with van der Waals surface area (Å²) < 4.78 is 6.18. The van der Waals surface area contributed by atoms with Crippen LogP contribution < -0.4 is 10.1 Å². The molecule has 21 heavy (non-hydrogen) atoms. The molecule has 2 aromatic rings. The predicted octanol–water partition coefficient (Wildman–Crippen LogP) is 3.71. The molecule has 1 heterocycles. The van der Waals surface area contributed by atoms with E-state index in [4.69, 9.17) is 16.3 Å². The minimum absolute atomic E-state index is 0.105. The fourth-order valence-electron chi connectivity index (χ4n) is 1.37. The van der Waals surface area contributed by atoms with Gasteiger partial charge in [-0.15, -0.1) is 10.2 Å². The number of carbonyl (C=O) groups is 1. The van der Waals surface area contributed by atoms with Crippen molar-refractivity contribution in [1.29, 1.82) is 0 Å². The molecule has 1 aromatic heterocycles. The van der Waals surface area contributed by atoms with Gasteiger partial charge in [0, 0.05) is 10.3 Å². The summed E-state index contributed by atoms with van der Waals surface area (Å²) in [6, 6.07) is 6.89. The molecular formula is C13H14ClN3O2S2. The van der Waals surface area contributed by atoms with E-state index in [0.29, 0.717) is 21.2 Å². The van der Waals surface area contributed by atoms with Crippen LogP contribution in [0.4, 0.5) is 5.13 Å². The minimum atomic E-state index is -0.285. The number of halogens is 1. The molecule has 0 aliphatic carbocycles. The highest BCUT2D eigenvalue weighted by atomic mass is 35.5. The summed E-state index contributed by atoms with van der Waals surface area (Å²) in [5.74, 6) is 0.262. The second-order valence-electron chi connectivity index (χ2n) is 4.33. The molecule has 0 saturated carbocycles. The Hall–Kier alpha value is -1.31. The second kappa shape index (κ2) is 7.63. The molecule has 2 rings (SSSR count). The maximum atomic E-state index is 11.8. The van der Waals surface area contributed by atoms with Crippen molar-refractivity contribution in [2.75, 3.05) is 11.9 Å². The molecule has 0 saturated heterocycles. The molecule has 112 valence electrons. The summed E-state index contributed by atoms with van der Waals surface area (Å²) in [6.45, 7) is 4.04. The maximum Gasteiger partial charge on any atom is 0.264 e. The van der Waals surface area contributed by atoms with Crippen LogP contribution in [0.1, 0.15) is 13.8 Å². The van der Waals surface area contributed by atoms with Crippen molar-refractivity contribution in [3.63, 3.8) is 0 Å². The summed E-state index contributed by atoms with van der Waals surface area (Å²) in [4.78, 5) is 11.8. The second-order valence-corrected chi connectivity index (χ2v) is 7.57. The number of amides is 1. The van der Waals surface area contributed by atoms with E-state index < -0.39 is 0 Å². The molecule has 0 unspecified atom stereocenters. The largest absolute Gasteiger partial charge is 0.484 e. The Labute approximate surface area is 136 Å². The Morgan fingerprint density at radius 2 is 2.29 bits per heavy atom. The zero-order valence-electron chi connectivity index (χ0n) is 11.5. The van der Waals surface area contributed by atoms with Crippen LogP contribution in [0, 0.1) is 0 Å². The van der Waals surface area contributed by atoms with Gasteiger partial charge >= 0.3 is 0 Å². The number of ether oxygens (including phenoxy) is 1. The number of hydrogen-bond donors (Lipinski definition) is 1. The summed E-state index contributed by atoms with van der Waals surface area (Å²) in [5.41, 5.74) is 0. The molecule has 0 spiro atoms. The Morgan fingerprint density at radius 3 is 3.00 bits per heavy atom. The third kappa shape index (κ3) is 5.53. The Bertz CT molecular complexity index is 619. The van der Waals surface area contributed by atoms with Gasteiger partial charge in [0.15, 0.2) is 10.9 Å². The molecule has 0 aliphatic heterocycles. The van der Waals surface area contributed by atoms with E-state index in [1.54, 1.807) is 36.0 Å². The highest BCUT2D eigenvalue weighted by Gasteiger charge is 2.10. The van der Waals surface area contributed by atoms with E-state index in [-0.39, 0.29) is 12.5 Å². The zero-order valence-corrected chi connectivity index (χ0v) is 13.9. The predicted molar refractivity (Wildman–Crippen MR) is 86.5 cm³/mol. The van der Waals surface area contributed by atoms with Gasteiger partial charge in [-0.05, 0) is 18.2 Å². The van der Waals surface area contributed by atoms with Crippen LogP contribution in [0.3, 0.4) is 0 Å². The van der Waals surface area contributed by atoms with Gasteiger partial charge in [-0.2, -0.15) is 0 Å². The average molecular weight is 344 g/mol. The molecule has 1 aromatic carbocycles. The van der Waals surface area contributed by atoms with Gasteiger partial charge in [-0.25, -0.2) is 0 Å². The third-order valence-electron chi connectivity index (χ3n) is 2.16. The van der Waals surface area contributed by atoms with Crippen LogP contribution in [0.5, 0.6) is 5.75 Å². The molecular weight excluding hydrogens is 330 g/mol. The first-order chi connectivity index (χ1) is 10.0. The van der Waals surface area contributed by atoms with E-state index in [9.17, 15) is 4.79 Å². The summed E-state index contributed by atoms with van der Waals surface area (Å²) in [6.07, 6.45) is 0. The van der Waals surface area contributed by atoms with Crippen molar-refractivity contribution in [2.24, 2.45) is 0 Å². The lowest BCUT2D eigenvalue weighted by Gasteiger charge is -2.05. The number of anilines is 1. The lowest BCUT2D eigenvalue weighted by Crippen LogP contribution is -2.20. The molecule has 0 atom stereocenters. The molecule has 0 fully saturated rings. The van der Waals surface area contributed by atoms with Crippen LogP contribution in [-0.4, -0.2) is 28.0 Å². The average Bonchev–Trinajstić information content (AvgIpc) is 2.83. The van der Waals surface area contributed by atoms with Gasteiger partial charge in [-0.1, -0.05) is 54.6 Å². The Kier molecular flexibility index (Phi) is 5.84. The first-order valence-electron chi connectivity index (χ1n) is 6.21. The lowest BCUT2D eigenvalue weighted by atomic mass is 10.3. The number of hydrogen-bond acceptors (Lipinski definition) is 6. The van der Waals surface area contributed by atoms with E-state index in [1.165, 1.54) is 11.3 Å². The highest BCUT2D eigenvalue weighted by Crippen LogP contribution is 2.28. The van der Waals surface area contributed by atoms with Crippen molar-refractivity contribution in [1.82, 2.24) is 10.2 Å². The fraction of sp³-hybridized carbons (Fsp3) is 0.308. The summed E-state index contributed by atoms with van der Waals surface area (Å²) >= 11 is 8.79. The van der Waals surface area contributed by atoms with E-state index in [1.807, 2.05) is 0 Å². The maximum absolute atomic E-state index is 11.8. The van der Waals surface area contributed by atoms with Crippen LogP contribution in [0.15, 0.2) is 28.6 Å². The smallest absolute Gasteiger partial charge is 0.264 e. The van der Waals surface area contributed by atoms with Crippen LogP contribution >= 0.6 is 34.7 Å². The normalized spacial score (nSPS) is 10.7. The fourth-order valence-corrected chi connectivity index (χ4v) is 3.54. The van der Waals surface area contributed by atoms with Gasteiger partial charge in [0.1, 0.15) is 5.75 Å². The van der Waals surface area contributed by atoms with Crippen molar-refractivity contribution in [3.05, 3.63) is 29.3 Å². The van der Waals surface area contributed by atoms with Crippen LogP contribution in [0.25, 0.3) is 0 Å². The highest BCUT2D eigenvalue weighted by molar-refractivity contribution is 8.01. The molecule has 8 heteroatoms. The van der Waals surface area contributed by atoms with E-state index >= 15 is 0 Å². The molecule has 1 N–H and O–H groups in total. The monoisotopic (exact) mass is 343 g/mol. The van der Waals surface area contributed by atoms with Crippen molar-refractivity contribution < 1.29 is 9.53 Å². The molecule has 5 nitrogen and oxygen atoms in total. The molecule has 0 aliphatic rings. The lowest BCUT2D eigenvalue weighted by molar-refractivity contribution is -0.118. The number of nitrogens with zero attached hydrogens (tertiary/aromatic N) is 2. The van der Waals surface area contributed by atoms with Crippen LogP contribution in [0.2, 0.25) is 5.02 Å². The standard InChI is InChI=1S/C13H14ClN3O2S2/c1-8(2)20-13-17-16-12(21-13)15-11(18)7-19-10-5-3-4-9(14)6-10/h3-6,8H,7H2,1-2H3,(H,15,16,18). The minimum Gasteiger partial charge on any atom is -0.484 e. The van der Waals surface area contributed by atoms with E-state index in [2.05, 4.69) is 29.4 Å². The number of rotatable bonds is 6. The number of carbonyl (C=O) groups excluding carboxylic acids is 1. The quantitative estimate of drug-likeness (QED) is 0.640. The first kappa shape index (κ1) is 16.1. The van der Waals surface area contributed by atoms with Gasteiger partial charge in [-0.3, -0.25) is 10.1 Å². The van der Waals surface area contributed by atoms with E-state index in [0.717, 1.165) is 4.34 Å². The number of nitrogens with one attached hydrogen (secondary N) is 1. The SMILES string of the molecule is CC(C)Sc1nnc(NC(=O)COc2cccc(Cl)c2)s1. The number of thioether (sulfide) groups is 1. The third-order valence-corrected chi connectivity index (χ3v) is 4.32. The summed E-state index contributed by atoms with van der Waals surface area (Å²) in [7, 11) is 0. The molecule has 1 amide bonds. The molecule has 0 radical (unpaired) electrons. The van der Waals surface area contributed by atoms with Gasteiger partial charge in [0.05, 0.1) is 0 Å².